The van der Waals surface area contributed by atoms with E-state index in [9.17, 15) is 8.78 Å². The third kappa shape index (κ3) is 3.24. The maximum absolute atomic E-state index is 13.8. The van der Waals surface area contributed by atoms with E-state index in [1.54, 1.807) is 24.3 Å². The minimum absolute atomic E-state index is 0.302. The van der Waals surface area contributed by atoms with Crippen molar-refractivity contribution in [1.29, 1.82) is 0 Å². The molecule has 0 saturated carbocycles. The Bertz CT molecular complexity index is 572. The van der Waals surface area contributed by atoms with Gasteiger partial charge in [0, 0.05) is 5.56 Å². The van der Waals surface area contributed by atoms with Gasteiger partial charge in [0.05, 0.1) is 12.5 Å². The monoisotopic (exact) mass is 282 g/mol. The Hall–Kier alpha value is -1.61. The fraction of sp³-hybridized carbons (Fsp3) is 0.200. The van der Waals surface area contributed by atoms with Crippen molar-refractivity contribution in [2.45, 2.75) is 11.8 Å². The number of benzene rings is 2. The molecule has 0 aliphatic rings. The molecule has 2 aromatic rings. The molecule has 0 spiro atoms. The molecule has 0 saturated heterocycles. The van der Waals surface area contributed by atoms with Crippen molar-refractivity contribution in [2.75, 3.05) is 7.11 Å². The third-order valence-corrected chi connectivity index (χ3v) is 3.22. The van der Waals surface area contributed by atoms with Crippen molar-refractivity contribution in [2.24, 2.45) is 0 Å². The second kappa shape index (κ2) is 6.02. The largest absolute Gasteiger partial charge is 0.496 e. The summed E-state index contributed by atoms with van der Waals surface area (Å²) in [4.78, 5) is 0. The van der Waals surface area contributed by atoms with Crippen LogP contribution in [0, 0.1) is 11.6 Å². The molecule has 19 heavy (non-hydrogen) atoms. The van der Waals surface area contributed by atoms with E-state index in [1.165, 1.54) is 25.3 Å². The number of hydrogen-bond acceptors (Lipinski definition) is 1. The van der Waals surface area contributed by atoms with Crippen LogP contribution >= 0.6 is 11.6 Å². The van der Waals surface area contributed by atoms with Gasteiger partial charge in [-0.3, -0.25) is 0 Å². The van der Waals surface area contributed by atoms with Crippen LogP contribution < -0.4 is 4.74 Å². The topological polar surface area (TPSA) is 9.23 Å². The number of hydrogen-bond donors (Lipinski definition) is 0. The molecular weight excluding hydrogens is 270 g/mol. The fourth-order valence-electron chi connectivity index (χ4n) is 1.97. The zero-order valence-corrected chi connectivity index (χ0v) is 11.1. The molecular formula is C15H13ClF2O. The van der Waals surface area contributed by atoms with Crippen LogP contribution in [0.15, 0.2) is 42.5 Å². The second-order valence-electron chi connectivity index (χ2n) is 4.16. The summed E-state index contributed by atoms with van der Waals surface area (Å²) in [6.07, 6.45) is 0.330. The van der Waals surface area contributed by atoms with Gasteiger partial charge in [-0.15, -0.1) is 11.6 Å². The van der Waals surface area contributed by atoms with Crippen molar-refractivity contribution in [1.82, 2.24) is 0 Å². The van der Waals surface area contributed by atoms with Crippen LogP contribution in [-0.4, -0.2) is 7.11 Å². The van der Waals surface area contributed by atoms with Gasteiger partial charge >= 0.3 is 0 Å². The molecule has 0 aliphatic carbocycles. The third-order valence-electron chi connectivity index (χ3n) is 2.85. The predicted molar refractivity (Wildman–Crippen MR) is 71.7 cm³/mol. The molecule has 1 nitrogen and oxygen atoms in total. The first kappa shape index (κ1) is 13.8. The SMILES string of the molecule is COc1cccc(F)c1C(Cl)Cc1cccc(F)c1. The van der Waals surface area contributed by atoms with E-state index in [0.29, 0.717) is 23.3 Å². The van der Waals surface area contributed by atoms with Gasteiger partial charge in [0.2, 0.25) is 0 Å². The van der Waals surface area contributed by atoms with E-state index >= 15 is 0 Å². The molecule has 0 heterocycles. The van der Waals surface area contributed by atoms with E-state index < -0.39 is 11.2 Å². The summed E-state index contributed by atoms with van der Waals surface area (Å²) < 4.78 is 32.0. The Morgan fingerprint density at radius 3 is 2.58 bits per heavy atom. The van der Waals surface area contributed by atoms with Crippen LogP contribution in [0.1, 0.15) is 16.5 Å². The average molecular weight is 283 g/mol. The number of halogens is 3. The Kier molecular flexibility index (Phi) is 4.38. The standard InChI is InChI=1S/C15H13ClF2O/c1-19-14-7-3-6-13(18)15(14)12(16)9-10-4-2-5-11(17)8-10/h2-8,12H,9H2,1H3. The maximum atomic E-state index is 13.8. The molecule has 0 aliphatic heterocycles. The van der Waals surface area contributed by atoms with E-state index in [0.717, 1.165) is 0 Å². The van der Waals surface area contributed by atoms with E-state index in [2.05, 4.69) is 0 Å². The van der Waals surface area contributed by atoms with Gasteiger partial charge in [-0.1, -0.05) is 18.2 Å². The van der Waals surface area contributed by atoms with Gasteiger partial charge in [0.25, 0.3) is 0 Å². The highest BCUT2D eigenvalue weighted by Gasteiger charge is 2.18. The molecule has 1 unspecified atom stereocenters. The zero-order chi connectivity index (χ0) is 13.8. The van der Waals surface area contributed by atoms with Gasteiger partial charge < -0.3 is 4.74 Å². The summed E-state index contributed by atoms with van der Waals surface area (Å²) in [7, 11) is 1.46. The summed E-state index contributed by atoms with van der Waals surface area (Å²) in [6, 6.07) is 10.7. The zero-order valence-electron chi connectivity index (χ0n) is 10.4. The highest BCUT2D eigenvalue weighted by atomic mass is 35.5. The molecule has 2 aromatic carbocycles. The minimum atomic E-state index is -0.613. The molecule has 100 valence electrons. The summed E-state index contributed by atoms with van der Waals surface area (Å²) in [5.74, 6) is -0.353. The molecule has 0 radical (unpaired) electrons. The van der Waals surface area contributed by atoms with E-state index in [1.807, 2.05) is 0 Å². The lowest BCUT2D eigenvalue weighted by Crippen LogP contribution is -2.02. The van der Waals surface area contributed by atoms with Crippen molar-refractivity contribution < 1.29 is 13.5 Å². The van der Waals surface area contributed by atoms with Crippen LogP contribution in [0.5, 0.6) is 5.75 Å². The Morgan fingerprint density at radius 2 is 1.89 bits per heavy atom. The maximum Gasteiger partial charge on any atom is 0.131 e. The molecule has 0 bridgehead atoms. The summed E-state index contributed by atoms with van der Waals surface area (Å²) in [6.45, 7) is 0. The van der Waals surface area contributed by atoms with Crippen LogP contribution in [0.25, 0.3) is 0 Å². The van der Waals surface area contributed by atoms with Crippen molar-refractivity contribution >= 4 is 11.6 Å². The van der Waals surface area contributed by atoms with Crippen LogP contribution in [-0.2, 0) is 6.42 Å². The smallest absolute Gasteiger partial charge is 0.131 e. The number of ether oxygens (including phenoxy) is 1. The lowest BCUT2D eigenvalue weighted by atomic mass is 10.0. The van der Waals surface area contributed by atoms with Crippen molar-refractivity contribution in [3.63, 3.8) is 0 Å². The molecule has 2 rings (SSSR count). The lowest BCUT2D eigenvalue weighted by Gasteiger charge is -2.15. The Labute approximate surface area is 115 Å². The second-order valence-corrected chi connectivity index (χ2v) is 4.68. The lowest BCUT2D eigenvalue weighted by molar-refractivity contribution is 0.403. The molecule has 0 aromatic heterocycles. The van der Waals surface area contributed by atoms with Crippen LogP contribution in [0.3, 0.4) is 0 Å². The summed E-state index contributed by atoms with van der Waals surface area (Å²) in [5.41, 5.74) is 1.02. The molecule has 0 fully saturated rings. The summed E-state index contributed by atoms with van der Waals surface area (Å²) in [5, 5.41) is -0.613. The first-order valence-corrected chi connectivity index (χ1v) is 6.26. The number of alkyl halides is 1. The first-order chi connectivity index (χ1) is 9.11. The van der Waals surface area contributed by atoms with E-state index in [-0.39, 0.29) is 5.82 Å². The Balaban J connectivity index is 2.27. The summed E-state index contributed by atoms with van der Waals surface area (Å²) >= 11 is 6.24. The predicted octanol–water partition coefficient (Wildman–Crippen LogP) is 4.50. The number of methoxy groups -OCH3 is 1. The highest BCUT2D eigenvalue weighted by Crippen LogP contribution is 2.34. The Morgan fingerprint density at radius 1 is 1.16 bits per heavy atom. The highest BCUT2D eigenvalue weighted by molar-refractivity contribution is 6.21. The molecule has 1 atom stereocenters. The normalized spacial score (nSPS) is 12.2. The van der Waals surface area contributed by atoms with Crippen LogP contribution in [0.4, 0.5) is 8.78 Å². The quantitative estimate of drug-likeness (QED) is 0.751. The fourth-order valence-corrected chi connectivity index (χ4v) is 2.36. The minimum Gasteiger partial charge on any atom is -0.496 e. The van der Waals surface area contributed by atoms with Crippen molar-refractivity contribution in [3.8, 4) is 5.75 Å². The first-order valence-electron chi connectivity index (χ1n) is 5.82. The molecule has 4 heteroatoms. The number of rotatable bonds is 4. The van der Waals surface area contributed by atoms with Crippen LogP contribution in [0.2, 0.25) is 0 Å². The molecule has 0 amide bonds. The van der Waals surface area contributed by atoms with Gasteiger partial charge in [-0.05, 0) is 36.2 Å². The van der Waals surface area contributed by atoms with Crippen molar-refractivity contribution in [3.05, 3.63) is 65.2 Å². The van der Waals surface area contributed by atoms with Gasteiger partial charge in [0.1, 0.15) is 17.4 Å². The molecule has 0 N–H and O–H groups in total. The average Bonchev–Trinajstić information content (AvgIpc) is 2.38. The van der Waals surface area contributed by atoms with Gasteiger partial charge in [-0.25, -0.2) is 8.78 Å². The van der Waals surface area contributed by atoms with Gasteiger partial charge in [0.15, 0.2) is 0 Å². The van der Waals surface area contributed by atoms with E-state index in [4.69, 9.17) is 16.3 Å². The van der Waals surface area contributed by atoms with Gasteiger partial charge in [-0.2, -0.15) is 0 Å².